The molecule has 4 rings (SSSR count). The number of rotatable bonds is 8. The molecular weight excluding hydrogens is 491 g/mol. The van der Waals surface area contributed by atoms with Crippen LogP contribution in [0.2, 0.25) is 10.0 Å². The van der Waals surface area contributed by atoms with Gasteiger partial charge in [0.15, 0.2) is 5.82 Å². The monoisotopic (exact) mass is 510 g/mol. The highest BCUT2D eigenvalue weighted by atomic mass is 35.5. The van der Waals surface area contributed by atoms with Gasteiger partial charge in [-0.25, -0.2) is 0 Å². The fourth-order valence-electron chi connectivity index (χ4n) is 3.36. The van der Waals surface area contributed by atoms with Crippen LogP contribution in [0.15, 0.2) is 72.8 Å². The van der Waals surface area contributed by atoms with Crippen LogP contribution in [0.4, 0.5) is 11.5 Å². The number of halogens is 2. The fourth-order valence-corrected chi connectivity index (χ4v) is 3.83. The number of hydrogen-bond acceptors (Lipinski definition) is 5. The predicted molar refractivity (Wildman–Crippen MR) is 134 cm³/mol. The van der Waals surface area contributed by atoms with Gasteiger partial charge in [-0.05, 0) is 54.4 Å². The summed E-state index contributed by atoms with van der Waals surface area (Å²) in [6, 6.07) is 19.9. The molecule has 1 heterocycles. The van der Waals surface area contributed by atoms with Crippen LogP contribution in [0.3, 0.4) is 0 Å². The van der Waals surface area contributed by atoms with Crippen LogP contribution in [0, 0.1) is 17.0 Å². The minimum absolute atomic E-state index is 0.00930. The Kier molecular flexibility index (Phi) is 7.33. The van der Waals surface area contributed by atoms with Crippen LogP contribution in [0.1, 0.15) is 27.2 Å². The van der Waals surface area contributed by atoms with Gasteiger partial charge in [0.1, 0.15) is 12.4 Å². The summed E-state index contributed by atoms with van der Waals surface area (Å²) in [5, 5.41) is 19.2. The third-order valence-electron chi connectivity index (χ3n) is 5.20. The predicted octanol–water partition coefficient (Wildman–Crippen LogP) is 6.29. The number of non-ortho nitro benzene ring substituents is 1. The first-order valence-electron chi connectivity index (χ1n) is 10.5. The number of nitrogens with one attached hydrogen (secondary N) is 1. The molecule has 3 aromatic carbocycles. The molecule has 1 amide bonds. The zero-order valence-electron chi connectivity index (χ0n) is 18.6. The lowest BCUT2D eigenvalue weighted by molar-refractivity contribution is -0.384. The van der Waals surface area contributed by atoms with Crippen molar-refractivity contribution in [2.24, 2.45) is 0 Å². The van der Waals surface area contributed by atoms with E-state index in [9.17, 15) is 14.9 Å². The number of nitro benzene ring substituents is 1. The van der Waals surface area contributed by atoms with Gasteiger partial charge in [-0.3, -0.25) is 19.6 Å². The molecule has 0 bridgehead atoms. The number of aromatic nitrogens is 2. The van der Waals surface area contributed by atoms with Gasteiger partial charge in [-0.15, -0.1) is 0 Å². The minimum Gasteiger partial charge on any atom is -0.489 e. The van der Waals surface area contributed by atoms with Gasteiger partial charge in [0.2, 0.25) is 0 Å². The molecule has 0 radical (unpaired) electrons. The average Bonchev–Trinajstić information content (AvgIpc) is 3.18. The number of hydrogen-bond donors (Lipinski definition) is 1. The van der Waals surface area contributed by atoms with E-state index in [2.05, 4.69) is 10.4 Å². The summed E-state index contributed by atoms with van der Waals surface area (Å²) >= 11 is 12.2. The van der Waals surface area contributed by atoms with Crippen LogP contribution in [-0.4, -0.2) is 20.6 Å². The number of carbonyl (C=O) groups excluding carboxylic acids is 1. The molecule has 0 saturated heterocycles. The third-order valence-corrected chi connectivity index (χ3v) is 5.79. The Morgan fingerprint density at radius 2 is 1.86 bits per heavy atom. The number of aryl methyl sites for hydroxylation is 1. The third kappa shape index (κ3) is 6.17. The lowest BCUT2D eigenvalue weighted by Gasteiger charge is -2.08. The minimum atomic E-state index is -0.469. The van der Waals surface area contributed by atoms with Crippen molar-refractivity contribution >= 4 is 40.6 Å². The topological polar surface area (TPSA) is 99.3 Å². The molecule has 0 unspecified atom stereocenters. The van der Waals surface area contributed by atoms with Gasteiger partial charge in [-0.2, -0.15) is 5.10 Å². The Labute approximate surface area is 211 Å². The molecule has 0 fully saturated rings. The van der Waals surface area contributed by atoms with Crippen molar-refractivity contribution in [2.45, 2.75) is 20.1 Å². The number of nitro groups is 1. The van der Waals surface area contributed by atoms with E-state index in [1.54, 1.807) is 41.1 Å². The molecule has 1 aromatic heterocycles. The zero-order chi connectivity index (χ0) is 24.9. The molecular formula is C25H20Cl2N4O4. The molecule has 1 N–H and O–H groups in total. The molecule has 178 valence electrons. The summed E-state index contributed by atoms with van der Waals surface area (Å²) in [6.07, 6.45) is 0. The smallest absolute Gasteiger partial charge is 0.269 e. The number of carbonyl (C=O) groups is 1. The van der Waals surface area contributed by atoms with E-state index in [1.807, 2.05) is 19.1 Å². The summed E-state index contributed by atoms with van der Waals surface area (Å²) in [5.41, 5.74) is 2.93. The van der Waals surface area contributed by atoms with Crippen molar-refractivity contribution in [2.75, 3.05) is 5.32 Å². The van der Waals surface area contributed by atoms with Crippen molar-refractivity contribution in [3.05, 3.63) is 115 Å². The number of benzene rings is 3. The largest absolute Gasteiger partial charge is 0.489 e. The van der Waals surface area contributed by atoms with Crippen molar-refractivity contribution in [3.8, 4) is 5.75 Å². The van der Waals surface area contributed by atoms with E-state index in [0.29, 0.717) is 33.7 Å². The number of ether oxygens (including phenoxy) is 1. The lowest BCUT2D eigenvalue weighted by atomic mass is 10.1. The Bertz CT molecular complexity index is 1390. The second-order valence-electron chi connectivity index (χ2n) is 7.76. The zero-order valence-corrected chi connectivity index (χ0v) is 20.1. The molecule has 0 saturated carbocycles. The van der Waals surface area contributed by atoms with Crippen LogP contribution >= 0.6 is 23.2 Å². The highest BCUT2D eigenvalue weighted by molar-refractivity contribution is 6.35. The second kappa shape index (κ2) is 10.6. The molecule has 4 aromatic rings. The molecule has 8 nitrogen and oxygen atoms in total. The number of nitrogens with zero attached hydrogens (tertiary/aromatic N) is 3. The first kappa shape index (κ1) is 24.3. The van der Waals surface area contributed by atoms with Crippen molar-refractivity contribution in [3.63, 3.8) is 0 Å². The Morgan fingerprint density at radius 3 is 2.57 bits per heavy atom. The Balaban J connectivity index is 1.40. The first-order valence-corrected chi connectivity index (χ1v) is 11.3. The SMILES string of the molecule is Cc1cc(NC(=O)c2cccc(COc3ccc([N+](=O)[O-])cc3)c2)nn1Cc1ccc(Cl)cc1Cl. The molecule has 35 heavy (non-hydrogen) atoms. The molecule has 0 aliphatic rings. The molecule has 0 aliphatic heterocycles. The molecule has 0 aliphatic carbocycles. The van der Waals surface area contributed by atoms with E-state index < -0.39 is 4.92 Å². The van der Waals surface area contributed by atoms with Crippen molar-refractivity contribution in [1.29, 1.82) is 0 Å². The van der Waals surface area contributed by atoms with E-state index in [0.717, 1.165) is 16.8 Å². The van der Waals surface area contributed by atoms with Gasteiger partial charge in [-0.1, -0.05) is 41.4 Å². The van der Waals surface area contributed by atoms with Gasteiger partial charge >= 0.3 is 0 Å². The Hall–Kier alpha value is -3.88. The summed E-state index contributed by atoms with van der Waals surface area (Å²) in [4.78, 5) is 23.1. The highest BCUT2D eigenvalue weighted by Gasteiger charge is 2.12. The van der Waals surface area contributed by atoms with E-state index in [-0.39, 0.29) is 18.2 Å². The molecule has 0 spiro atoms. The highest BCUT2D eigenvalue weighted by Crippen LogP contribution is 2.23. The molecule has 0 atom stereocenters. The van der Waals surface area contributed by atoms with E-state index in [1.165, 1.54) is 24.3 Å². The first-order chi connectivity index (χ1) is 16.8. The normalized spacial score (nSPS) is 10.7. The number of amides is 1. The standard InChI is InChI=1S/C25H20Cl2N4O4/c1-16-11-24(29-30(16)14-19-5-6-20(26)13-23(19)27)28-25(32)18-4-2-3-17(12-18)15-35-22-9-7-21(8-10-22)31(33)34/h2-13H,14-15H2,1H3,(H,28,29,32). The quantitative estimate of drug-likeness (QED) is 0.222. The van der Waals surface area contributed by atoms with Crippen molar-refractivity contribution in [1.82, 2.24) is 9.78 Å². The number of anilines is 1. The maximum absolute atomic E-state index is 12.8. The maximum atomic E-state index is 12.8. The van der Waals surface area contributed by atoms with Crippen molar-refractivity contribution < 1.29 is 14.5 Å². The summed E-state index contributed by atoms with van der Waals surface area (Å²) in [7, 11) is 0. The summed E-state index contributed by atoms with van der Waals surface area (Å²) in [5.74, 6) is 0.605. The van der Waals surface area contributed by atoms with Gasteiger partial charge in [0.25, 0.3) is 11.6 Å². The average molecular weight is 511 g/mol. The summed E-state index contributed by atoms with van der Waals surface area (Å²) in [6.45, 7) is 2.53. The van der Waals surface area contributed by atoms with Crippen LogP contribution in [0.25, 0.3) is 0 Å². The fraction of sp³-hybridized carbons (Fsp3) is 0.120. The lowest BCUT2D eigenvalue weighted by Crippen LogP contribution is -2.13. The van der Waals surface area contributed by atoms with E-state index >= 15 is 0 Å². The van der Waals surface area contributed by atoms with E-state index in [4.69, 9.17) is 27.9 Å². The molecule has 10 heteroatoms. The van der Waals surface area contributed by atoms with Gasteiger partial charge in [0.05, 0.1) is 11.5 Å². The maximum Gasteiger partial charge on any atom is 0.269 e. The second-order valence-corrected chi connectivity index (χ2v) is 8.60. The summed E-state index contributed by atoms with van der Waals surface area (Å²) < 4.78 is 7.43. The van der Waals surface area contributed by atoms with Crippen LogP contribution in [-0.2, 0) is 13.2 Å². The van der Waals surface area contributed by atoms with Gasteiger partial charge in [0, 0.05) is 39.5 Å². The van der Waals surface area contributed by atoms with Crippen LogP contribution < -0.4 is 10.1 Å². The Morgan fingerprint density at radius 1 is 1.09 bits per heavy atom. The van der Waals surface area contributed by atoms with Gasteiger partial charge < -0.3 is 10.1 Å². The van der Waals surface area contributed by atoms with Crippen LogP contribution in [0.5, 0.6) is 5.75 Å².